The molecule has 2 heterocycles. The zero-order valence-corrected chi connectivity index (χ0v) is 12.4. The van der Waals surface area contributed by atoms with E-state index < -0.39 is 5.97 Å². The van der Waals surface area contributed by atoms with E-state index in [0.29, 0.717) is 6.54 Å². The Hall–Kier alpha value is -0.910. The van der Waals surface area contributed by atoms with Gasteiger partial charge in [-0.1, -0.05) is 0 Å². The van der Waals surface area contributed by atoms with Crippen molar-refractivity contribution in [3.8, 4) is 0 Å². The van der Waals surface area contributed by atoms with Crippen LogP contribution in [0, 0.1) is 0 Å². The second kappa shape index (κ2) is 5.61. The third-order valence-corrected chi connectivity index (χ3v) is 5.11. The van der Waals surface area contributed by atoms with E-state index in [1.165, 1.54) is 0 Å². The van der Waals surface area contributed by atoms with Crippen molar-refractivity contribution in [2.75, 3.05) is 24.6 Å². The van der Waals surface area contributed by atoms with Crippen LogP contribution in [0.15, 0.2) is 0 Å². The fourth-order valence-electron chi connectivity index (χ4n) is 2.89. The monoisotopic (exact) mass is 286 g/mol. The third kappa shape index (κ3) is 3.16. The Bertz CT molecular complexity index is 373. The number of likely N-dealkylation sites (tertiary alicyclic amines) is 1. The van der Waals surface area contributed by atoms with Crippen molar-refractivity contribution in [1.82, 2.24) is 9.80 Å². The number of urea groups is 1. The standard InChI is InChI=1S/C13H22N2O3S/c1-13(2)4-3-5-15(13)12(18)14-6-7-19-9-10(14)8-11(16)17/h10H,3-9H2,1-2H3,(H,16,17). The molecule has 6 heteroatoms. The molecule has 5 nitrogen and oxygen atoms in total. The molecule has 2 aliphatic heterocycles. The molecule has 2 amide bonds. The number of thioether (sulfide) groups is 1. The topological polar surface area (TPSA) is 60.9 Å². The van der Waals surface area contributed by atoms with Crippen LogP contribution in [0.3, 0.4) is 0 Å². The lowest BCUT2D eigenvalue weighted by Crippen LogP contribution is -2.55. The SMILES string of the molecule is CC1(C)CCCN1C(=O)N1CCSCC1CC(=O)O. The van der Waals surface area contributed by atoms with E-state index in [1.54, 1.807) is 16.7 Å². The maximum absolute atomic E-state index is 12.7. The van der Waals surface area contributed by atoms with Crippen LogP contribution in [-0.2, 0) is 4.79 Å². The van der Waals surface area contributed by atoms with Crippen LogP contribution >= 0.6 is 11.8 Å². The highest BCUT2D eigenvalue weighted by atomic mass is 32.2. The molecule has 2 fully saturated rings. The summed E-state index contributed by atoms with van der Waals surface area (Å²) in [5.41, 5.74) is -0.102. The molecular weight excluding hydrogens is 264 g/mol. The molecule has 1 atom stereocenters. The summed E-state index contributed by atoms with van der Waals surface area (Å²) in [6, 6.07) is -0.144. The first-order valence-corrected chi connectivity index (χ1v) is 7.95. The first-order chi connectivity index (χ1) is 8.92. The Kier molecular flexibility index (Phi) is 4.28. The Morgan fingerprint density at radius 3 is 2.68 bits per heavy atom. The van der Waals surface area contributed by atoms with Crippen molar-refractivity contribution in [2.24, 2.45) is 0 Å². The lowest BCUT2D eigenvalue weighted by Gasteiger charge is -2.41. The number of hydrogen-bond donors (Lipinski definition) is 1. The number of nitrogens with zero attached hydrogens (tertiary/aromatic N) is 2. The van der Waals surface area contributed by atoms with Gasteiger partial charge in [0.15, 0.2) is 0 Å². The zero-order chi connectivity index (χ0) is 14.0. The summed E-state index contributed by atoms with van der Waals surface area (Å²) in [6.45, 7) is 5.62. The highest BCUT2D eigenvalue weighted by Gasteiger charge is 2.40. The fraction of sp³-hybridized carbons (Fsp3) is 0.846. The molecular formula is C13H22N2O3S. The number of hydrogen-bond acceptors (Lipinski definition) is 3. The van der Waals surface area contributed by atoms with Gasteiger partial charge in [-0.25, -0.2) is 4.79 Å². The van der Waals surface area contributed by atoms with E-state index in [2.05, 4.69) is 13.8 Å². The average Bonchev–Trinajstić information content (AvgIpc) is 2.68. The average molecular weight is 286 g/mol. The van der Waals surface area contributed by atoms with Crippen molar-refractivity contribution in [3.63, 3.8) is 0 Å². The first-order valence-electron chi connectivity index (χ1n) is 6.79. The summed E-state index contributed by atoms with van der Waals surface area (Å²) >= 11 is 1.73. The van der Waals surface area contributed by atoms with Gasteiger partial charge >= 0.3 is 12.0 Å². The van der Waals surface area contributed by atoms with Gasteiger partial charge in [-0.3, -0.25) is 4.79 Å². The van der Waals surface area contributed by atoms with Gasteiger partial charge in [0, 0.05) is 30.1 Å². The first kappa shape index (κ1) is 14.5. The minimum absolute atomic E-state index is 0.0223. The van der Waals surface area contributed by atoms with Gasteiger partial charge in [-0.2, -0.15) is 11.8 Å². The summed E-state index contributed by atoms with van der Waals surface area (Å²) in [5.74, 6) is 0.800. The molecule has 2 aliphatic rings. The van der Waals surface area contributed by atoms with E-state index in [4.69, 9.17) is 5.11 Å². The van der Waals surface area contributed by atoms with E-state index >= 15 is 0 Å². The maximum atomic E-state index is 12.7. The summed E-state index contributed by atoms with van der Waals surface area (Å²) < 4.78 is 0. The molecule has 0 saturated carbocycles. The van der Waals surface area contributed by atoms with Crippen molar-refractivity contribution in [2.45, 2.75) is 44.7 Å². The molecule has 2 saturated heterocycles. The number of rotatable bonds is 2. The molecule has 0 aromatic rings. The van der Waals surface area contributed by atoms with Gasteiger partial charge in [0.25, 0.3) is 0 Å². The molecule has 19 heavy (non-hydrogen) atoms. The number of carbonyl (C=O) groups excluding carboxylic acids is 1. The molecule has 0 bridgehead atoms. The molecule has 1 N–H and O–H groups in total. The van der Waals surface area contributed by atoms with Crippen LogP contribution in [0.4, 0.5) is 4.79 Å². The zero-order valence-electron chi connectivity index (χ0n) is 11.6. The minimum atomic E-state index is -0.828. The van der Waals surface area contributed by atoms with Crippen molar-refractivity contribution >= 4 is 23.8 Å². The van der Waals surface area contributed by atoms with Gasteiger partial charge < -0.3 is 14.9 Å². The third-order valence-electron chi connectivity index (χ3n) is 4.02. The van der Waals surface area contributed by atoms with Crippen LogP contribution < -0.4 is 0 Å². The largest absolute Gasteiger partial charge is 0.481 e. The fourth-order valence-corrected chi connectivity index (χ4v) is 3.96. The molecule has 108 valence electrons. The van der Waals surface area contributed by atoms with E-state index in [1.807, 2.05) is 4.90 Å². The molecule has 0 aromatic heterocycles. The normalized spacial score (nSPS) is 26.5. The van der Waals surface area contributed by atoms with Crippen LogP contribution in [-0.4, -0.2) is 63.1 Å². The van der Waals surface area contributed by atoms with Gasteiger partial charge in [-0.15, -0.1) is 0 Å². The van der Waals surface area contributed by atoms with Crippen molar-refractivity contribution < 1.29 is 14.7 Å². The summed E-state index contributed by atoms with van der Waals surface area (Å²) in [5, 5.41) is 8.97. The van der Waals surface area contributed by atoms with E-state index in [9.17, 15) is 9.59 Å². The van der Waals surface area contributed by atoms with Gasteiger partial charge in [0.2, 0.25) is 0 Å². The highest BCUT2D eigenvalue weighted by Crippen LogP contribution is 2.31. The lowest BCUT2D eigenvalue weighted by atomic mass is 10.0. The number of carboxylic acid groups (broad SMARTS) is 1. The predicted octanol–water partition coefficient (Wildman–Crippen LogP) is 1.87. The number of carbonyl (C=O) groups is 2. The van der Waals surface area contributed by atoms with E-state index in [-0.39, 0.29) is 24.0 Å². The van der Waals surface area contributed by atoms with Crippen molar-refractivity contribution in [1.29, 1.82) is 0 Å². The number of carboxylic acids is 1. The van der Waals surface area contributed by atoms with Crippen LogP contribution in [0.5, 0.6) is 0 Å². The summed E-state index contributed by atoms with van der Waals surface area (Å²) in [4.78, 5) is 27.3. The quantitative estimate of drug-likeness (QED) is 0.842. The van der Waals surface area contributed by atoms with Gasteiger partial charge in [0.05, 0.1) is 12.5 Å². The Labute approximate surface area is 118 Å². The van der Waals surface area contributed by atoms with Crippen LogP contribution in [0.25, 0.3) is 0 Å². The molecule has 2 rings (SSSR count). The lowest BCUT2D eigenvalue weighted by molar-refractivity contribution is -0.138. The van der Waals surface area contributed by atoms with Crippen molar-refractivity contribution in [3.05, 3.63) is 0 Å². The minimum Gasteiger partial charge on any atom is -0.481 e. The number of amides is 2. The van der Waals surface area contributed by atoms with E-state index in [0.717, 1.165) is 30.9 Å². The second-order valence-electron chi connectivity index (χ2n) is 5.87. The Morgan fingerprint density at radius 2 is 2.11 bits per heavy atom. The van der Waals surface area contributed by atoms with Crippen LogP contribution in [0.2, 0.25) is 0 Å². The molecule has 0 aliphatic carbocycles. The molecule has 0 aromatic carbocycles. The second-order valence-corrected chi connectivity index (χ2v) is 7.02. The number of aliphatic carboxylic acids is 1. The smallest absolute Gasteiger partial charge is 0.320 e. The van der Waals surface area contributed by atoms with Gasteiger partial charge in [-0.05, 0) is 26.7 Å². The Morgan fingerprint density at radius 1 is 1.37 bits per heavy atom. The summed E-state index contributed by atoms with van der Waals surface area (Å²) in [6.07, 6.45) is 2.10. The van der Waals surface area contributed by atoms with Crippen LogP contribution in [0.1, 0.15) is 33.1 Å². The molecule has 0 radical (unpaired) electrons. The predicted molar refractivity (Wildman–Crippen MR) is 75.5 cm³/mol. The highest BCUT2D eigenvalue weighted by molar-refractivity contribution is 7.99. The summed E-state index contributed by atoms with van der Waals surface area (Å²) in [7, 11) is 0. The molecule has 0 spiro atoms. The maximum Gasteiger partial charge on any atom is 0.320 e. The molecule has 1 unspecified atom stereocenters. The van der Waals surface area contributed by atoms with Gasteiger partial charge in [0.1, 0.15) is 0 Å². The Balaban J connectivity index is 2.09.